The number of carbonyl (C=O) groups excluding carboxylic acids is 3. The summed E-state index contributed by atoms with van der Waals surface area (Å²) in [4.78, 5) is 50.5. The zero-order valence-electron chi connectivity index (χ0n) is 40.2. The van der Waals surface area contributed by atoms with E-state index < -0.39 is 44.7 Å². The van der Waals surface area contributed by atoms with Gasteiger partial charge in [0.25, 0.3) is 7.82 Å². The van der Waals surface area contributed by atoms with Gasteiger partial charge in [-0.25, -0.2) is 0 Å². The van der Waals surface area contributed by atoms with E-state index in [9.17, 15) is 34.1 Å². The standard InChI is InChI=1S/C50H90NO11P/c1-6-8-10-11-12-13-14-15-16-17-18-19-20-21-22-23-24-25-30-34-49(55)59-41-44(42-61-63(57,58)60-39-38-51(3,4)5)62-50(56)35-31-27-26-29-33-45-46(48(54)40-47(45)53)37-36-43(52)32-28-9-7-2/h15-16,26,29,36-37,43-46,48,52,54H,6-14,17-25,27-28,30-35,38-42H2,1-5H3/b16-15-,29-26-,37-36+/t43-,44+,45+,46+,48+/m0/s1. The van der Waals surface area contributed by atoms with Gasteiger partial charge in [0, 0.05) is 31.1 Å². The van der Waals surface area contributed by atoms with E-state index in [1.807, 2.05) is 33.3 Å². The minimum absolute atomic E-state index is 0.00903. The Kier molecular flexibility index (Phi) is 34.5. The van der Waals surface area contributed by atoms with Crippen LogP contribution in [-0.4, -0.2) is 98.2 Å². The van der Waals surface area contributed by atoms with Gasteiger partial charge >= 0.3 is 11.9 Å². The van der Waals surface area contributed by atoms with Crippen LogP contribution in [0.2, 0.25) is 0 Å². The van der Waals surface area contributed by atoms with Crippen LogP contribution in [0.25, 0.3) is 0 Å². The number of likely N-dealkylation sites (N-methyl/N-ethyl adjacent to an activating group) is 1. The van der Waals surface area contributed by atoms with Gasteiger partial charge in [-0.3, -0.25) is 18.9 Å². The highest BCUT2D eigenvalue weighted by atomic mass is 31.2. The van der Waals surface area contributed by atoms with Crippen molar-refractivity contribution in [2.75, 3.05) is 47.5 Å². The number of phosphoric acid groups is 1. The Morgan fingerprint density at radius 3 is 1.90 bits per heavy atom. The smallest absolute Gasteiger partial charge is 0.306 e. The Balaban J connectivity index is 2.43. The second-order valence-electron chi connectivity index (χ2n) is 18.6. The Labute approximate surface area is 382 Å². The lowest BCUT2D eigenvalue weighted by Gasteiger charge is -2.28. The molecule has 1 aliphatic rings. The van der Waals surface area contributed by atoms with Gasteiger partial charge in [0.05, 0.1) is 40.0 Å². The highest BCUT2D eigenvalue weighted by molar-refractivity contribution is 7.45. The maximum Gasteiger partial charge on any atom is 0.306 e. The number of ether oxygens (including phenoxy) is 2. The molecule has 1 fully saturated rings. The molecule has 63 heavy (non-hydrogen) atoms. The first-order chi connectivity index (χ1) is 30.2. The molecule has 1 saturated carbocycles. The SMILES string of the molecule is CCCCCCCC/C=C\CCCCCCCCCCCC(=O)OC[C@H](COP(=O)([O-])OCC[N+](C)(C)C)OC(=O)CCC/C=C\C[C@H]1C(=O)C[C@@H](O)[C@@H]1/C=C/[C@@H](O)CCCCC. The summed E-state index contributed by atoms with van der Waals surface area (Å²) in [6.45, 7) is 3.81. The lowest BCUT2D eigenvalue weighted by atomic mass is 9.90. The van der Waals surface area contributed by atoms with Gasteiger partial charge < -0.3 is 38.1 Å². The Morgan fingerprint density at radius 2 is 1.29 bits per heavy atom. The summed E-state index contributed by atoms with van der Waals surface area (Å²) in [6, 6.07) is 0. The number of rotatable bonds is 41. The highest BCUT2D eigenvalue weighted by Gasteiger charge is 2.39. The summed E-state index contributed by atoms with van der Waals surface area (Å²) in [5.41, 5.74) is 0. The van der Waals surface area contributed by atoms with Crippen molar-refractivity contribution in [1.82, 2.24) is 0 Å². The van der Waals surface area contributed by atoms with Crippen LogP contribution in [0.1, 0.15) is 187 Å². The predicted octanol–water partition coefficient (Wildman–Crippen LogP) is 10.4. The van der Waals surface area contributed by atoms with Crippen molar-refractivity contribution in [3.05, 3.63) is 36.5 Å². The van der Waals surface area contributed by atoms with Crippen molar-refractivity contribution in [2.45, 2.75) is 206 Å². The van der Waals surface area contributed by atoms with Crippen molar-refractivity contribution in [3.8, 4) is 0 Å². The predicted molar refractivity (Wildman–Crippen MR) is 251 cm³/mol. The molecule has 0 saturated heterocycles. The fraction of sp³-hybridized carbons (Fsp3) is 0.820. The number of hydrogen-bond donors (Lipinski definition) is 2. The number of quaternary nitrogens is 1. The molecule has 0 aromatic rings. The maximum atomic E-state index is 12.8. The van der Waals surface area contributed by atoms with E-state index in [1.54, 1.807) is 12.2 Å². The third-order valence-electron chi connectivity index (χ3n) is 11.5. The number of ketones is 1. The van der Waals surface area contributed by atoms with Crippen LogP contribution in [0, 0.1) is 11.8 Å². The van der Waals surface area contributed by atoms with E-state index in [-0.39, 0.29) is 50.1 Å². The molecular formula is C50H90NO11P. The number of hydrogen-bond acceptors (Lipinski definition) is 11. The van der Waals surface area contributed by atoms with Crippen LogP contribution in [0.3, 0.4) is 0 Å². The van der Waals surface area contributed by atoms with Crippen molar-refractivity contribution in [2.24, 2.45) is 11.8 Å². The zero-order valence-corrected chi connectivity index (χ0v) is 41.1. The number of phosphoric ester groups is 1. The van der Waals surface area contributed by atoms with Gasteiger partial charge in [-0.05, 0) is 57.8 Å². The molecule has 1 aliphatic carbocycles. The molecule has 0 spiro atoms. The molecule has 12 nitrogen and oxygen atoms in total. The molecule has 0 amide bonds. The number of unbranched alkanes of at least 4 members (excludes halogenated alkanes) is 18. The van der Waals surface area contributed by atoms with Crippen molar-refractivity contribution >= 4 is 25.5 Å². The third-order valence-corrected chi connectivity index (χ3v) is 12.5. The van der Waals surface area contributed by atoms with Crippen LogP contribution in [0.4, 0.5) is 0 Å². The van der Waals surface area contributed by atoms with Gasteiger partial charge in [0.15, 0.2) is 6.10 Å². The largest absolute Gasteiger partial charge is 0.756 e. The topological polar surface area (TPSA) is 169 Å². The molecular weight excluding hydrogens is 822 g/mol. The van der Waals surface area contributed by atoms with E-state index >= 15 is 0 Å². The first kappa shape index (κ1) is 58.8. The lowest BCUT2D eigenvalue weighted by Crippen LogP contribution is -2.37. The zero-order chi connectivity index (χ0) is 46.6. The first-order valence-electron chi connectivity index (χ1n) is 24.8. The number of esters is 2. The normalized spacial score (nSPS) is 19.0. The minimum atomic E-state index is -4.70. The lowest BCUT2D eigenvalue weighted by molar-refractivity contribution is -0.870. The van der Waals surface area contributed by atoms with Crippen LogP contribution in [0.5, 0.6) is 0 Å². The summed E-state index contributed by atoms with van der Waals surface area (Å²) in [7, 11) is 1.00. The number of aliphatic hydroxyl groups excluding tert-OH is 2. The quantitative estimate of drug-likeness (QED) is 0.0197. The number of aliphatic hydroxyl groups is 2. The highest BCUT2D eigenvalue weighted by Crippen LogP contribution is 2.38. The van der Waals surface area contributed by atoms with Gasteiger partial charge in [-0.15, -0.1) is 0 Å². The summed E-state index contributed by atoms with van der Waals surface area (Å²) < 4.78 is 33.9. The maximum absolute atomic E-state index is 12.8. The Bertz CT molecular complexity index is 1330. The van der Waals surface area contributed by atoms with Crippen molar-refractivity contribution < 1.29 is 57.1 Å². The molecule has 0 aromatic carbocycles. The van der Waals surface area contributed by atoms with Gasteiger partial charge in [0.2, 0.25) is 0 Å². The average Bonchev–Trinajstić information content (AvgIpc) is 3.50. The molecule has 0 radical (unpaired) electrons. The van der Waals surface area contributed by atoms with E-state index in [2.05, 4.69) is 26.0 Å². The molecule has 6 atom stereocenters. The second-order valence-corrected chi connectivity index (χ2v) is 20.0. The first-order valence-corrected chi connectivity index (χ1v) is 26.3. The third kappa shape index (κ3) is 33.9. The number of allylic oxidation sites excluding steroid dienone is 4. The molecule has 13 heteroatoms. The fourth-order valence-corrected chi connectivity index (χ4v) is 8.24. The van der Waals surface area contributed by atoms with Gasteiger partial charge in [-0.2, -0.15) is 0 Å². The molecule has 0 bridgehead atoms. The monoisotopic (exact) mass is 912 g/mol. The Hall–Kier alpha value is -2.18. The summed E-state index contributed by atoms with van der Waals surface area (Å²) in [6.07, 6.45) is 35.3. The fourth-order valence-electron chi connectivity index (χ4n) is 7.51. The van der Waals surface area contributed by atoms with Crippen molar-refractivity contribution in [1.29, 1.82) is 0 Å². The Morgan fingerprint density at radius 1 is 0.746 bits per heavy atom. The molecule has 0 aromatic heterocycles. The van der Waals surface area contributed by atoms with E-state index in [1.165, 1.54) is 83.5 Å². The molecule has 2 N–H and O–H groups in total. The van der Waals surface area contributed by atoms with E-state index in [4.69, 9.17) is 18.5 Å². The van der Waals surface area contributed by atoms with Crippen molar-refractivity contribution in [3.63, 3.8) is 0 Å². The number of carbonyl (C=O) groups is 3. The van der Waals surface area contributed by atoms with Crippen LogP contribution in [-0.2, 0) is 37.5 Å². The number of nitrogens with zero attached hydrogens (tertiary/aromatic N) is 1. The van der Waals surface area contributed by atoms with E-state index in [0.717, 1.165) is 38.5 Å². The summed E-state index contributed by atoms with van der Waals surface area (Å²) in [5, 5.41) is 20.8. The minimum Gasteiger partial charge on any atom is -0.756 e. The summed E-state index contributed by atoms with van der Waals surface area (Å²) in [5.74, 6) is -1.77. The molecule has 1 rings (SSSR count). The van der Waals surface area contributed by atoms with Crippen LogP contribution in [0.15, 0.2) is 36.5 Å². The van der Waals surface area contributed by atoms with Crippen LogP contribution >= 0.6 is 7.82 Å². The van der Waals surface area contributed by atoms with Crippen LogP contribution < -0.4 is 4.89 Å². The molecule has 0 aliphatic heterocycles. The molecule has 0 heterocycles. The van der Waals surface area contributed by atoms with Gasteiger partial charge in [-0.1, -0.05) is 147 Å². The average molecular weight is 912 g/mol. The van der Waals surface area contributed by atoms with E-state index in [0.29, 0.717) is 43.1 Å². The van der Waals surface area contributed by atoms with Gasteiger partial charge in [0.1, 0.15) is 25.5 Å². The molecule has 366 valence electrons. The summed E-state index contributed by atoms with van der Waals surface area (Å²) >= 11 is 0. The second kappa shape index (κ2) is 37.0. The number of Topliss-reactive ketones (excluding diaryl/α,β-unsaturated/α-hetero) is 1. The molecule has 1 unspecified atom stereocenters.